The second-order valence-electron chi connectivity index (χ2n) is 9.05. The third kappa shape index (κ3) is 6.78. The first-order valence-electron chi connectivity index (χ1n) is 12.4. The number of hydrogen-bond acceptors (Lipinski definition) is 6. The van der Waals surface area contributed by atoms with E-state index in [9.17, 15) is 13.2 Å². The molecule has 1 fully saturated rings. The summed E-state index contributed by atoms with van der Waals surface area (Å²) in [5, 5.41) is 3.50. The standard InChI is InChI=1S/C28H32ClN3O5S/c1-36-26-12-7-20(19-27(26)37-2)13-16-30-28(33)24-5-3-4-6-25(24)32-17-14-22(15-18-32)31-38(34,35)23-10-8-21(29)9-11-23/h3-12,19,22,31H,13-18H2,1-2H3,(H,30,33). The molecular formula is C28H32ClN3O5S. The van der Waals surface area contributed by atoms with E-state index in [1.807, 2.05) is 42.5 Å². The Kier molecular flexibility index (Phi) is 9.14. The molecule has 0 bridgehead atoms. The summed E-state index contributed by atoms with van der Waals surface area (Å²) in [6.07, 6.45) is 1.90. The molecule has 2 N–H and O–H groups in total. The summed E-state index contributed by atoms with van der Waals surface area (Å²) in [6.45, 7) is 1.73. The molecule has 1 heterocycles. The topological polar surface area (TPSA) is 97.0 Å². The SMILES string of the molecule is COc1ccc(CCNC(=O)c2ccccc2N2CCC(NS(=O)(=O)c3ccc(Cl)cc3)CC2)cc1OC. The number of anilines is 1. The Morgan fingerprint density at radius 2 is 1.66 bits per heavy atom. The van der Waals surface area contributed by atoms with Gasteiger partial charge < -0.3 is 19.7 Å². The van der Waals surface area contributed by atoms with Crippen LogP contribution >= 0.6 is 11.6 Å². The van der Waals surface area contributed by atoms with Crippen molar-refractivity contribution >= 4 is 33.2 Å². The van der Waals surface area contributed by atoms with Crippen LogP contribution in [0.25, 0.3) is 0 Å². The second-order valence-corrected chi connectivity index (χ2v) is 11.2. The van der Waals surface area contributed by atoms with E-state index in [0.29, 0.717) is 61.0 Å². The highest BCUT2D eigenvalue weighted by molar-refractivity contribution is 7.89. The van der Waals surface area contributed by atoms with E-state index in [1.165, 1.54) is 12.1 Å². The average Bonchev–Trinajstić information content (AvgIpc) is 2.93. The van der Waals surface area contributed by atoms with Crippen LogP contribution in [0.4, 0.5) is 5.69 Å². The van der Waals surface area contributed by atoms with Crippen LogP contribution in [0.5, 0.6) is 11.5 Å². The molecule has 1 amide bonds. The van der Waals surface area contributed by atoms with Gasteiger partial charge in [0.15, 0.2) is 11.5 Å². The number of hydrogen-bond donors (Lipinski definition) is 2. The van der Waals surface area contributed by atoms with Gasteiger partial charge in [-0.3, -0.25) is 4.79 Å². The average molecular weight is 558 g/mol. The molecule has 1 aliphatic heterocycles. The maximum atomic E-state index is 13.1. The monoisotopic (exact) mass is 557 g/mol. The van der Waals surface area contributed by atoms with Crippen molar-refractivity contribution < 1.29 is 22.7 Å². The van der Waals surface area contributed by atoms with Crippen molar-refractivity contribution in [3.63, 3.8) is 0 Å². The molecule has 0 spiro atoms. The number of carbonyl (C=O) groups excluding carboxylic acids is 1. The molecule has 1 aliphatic rings. The van der Waals surface area contributed by atoms with Crippen LogP contribution in [0.3, 0.4) is 0 Å². The van der Waals surface area contributed by atoms with Crippen LogP contribution in [-0.2, 0) is 16.4 Å². The first-order valence-corrected chi connectivity index (χ1v) is 14.3. The molecular weight excluding hydrogens is 526 g/mol. The van der Waals surface area contributed by atoms with Crippen LogP contribution in [0.1, 0.15) is 28.8 Å². The van der Waals surface area contributed by atoms with E-state index in [1.54, 1.807) is 26.4 Å². The molecule has 8 nitrogen and oxygen atoms in total. The summed E-state index contributed by atoms with van der Waals surface area (Å²) in [6, 6.07) is 19.2. The molecule has 0 aliphatic carbocycles. The number of halogens is 1. The zero-order valence-corrected chi connectivity index (χ0v) is 23.0. The number of rotatable bonds is 10. The maximum Gasteiger partial charge on any atom is 0.253 e. The van der Waals surface area contributed by atoms with Crippen molar-refractivity contribution in [2.45, 2.75) is 30.2 Å². The number of carbonyl (C=O) groups is 1. The number of nitrogens with zero attached hydrogens (tertiary/aromatic N) is 1. The third-order valence-electron chi connectivity index (χ3n) is 6.58. The molecule has 202 valence electrons. The molecule has 3 aromatic carbocycles. The lowest BCUT2D eigenvalue weighted by atomic mass is 10.0. The van der Waals surface area contributed by atoms with E-state index in [4.69, 9.17) is 21.1 Å². The highest BCUT2D eigenvalue weighted by Crippen LogP contribution is 2.28. The van der Waals surface area contributed by atoms with Gasteiger partial charge in [-0.05, 0) is 73.4 Å². The van der Waals surface area contributed by atoms with Gasteiger partial charge in [-0.1, -0.05) is 29.8 Å². The number of benzene rings is 3. The normalized spacial score (nSPS) is 14.2. The van der Waals surface area contributed by atoms with Crippen LogP contribution in [0.2, 0.25) is 5.02 Å². The Hall–Kier alpha value is -3.27. The van der Waals surface area contributed by atoms with E-state index in [0.717, 1.165) is 11.3 Å². The van der Waals surface area contributed by atoms with Crippen molar-refractivity contribution in [1.29, 1.82) is 0 Å². The number of nitrogens with one attached hydrogen (secondary N) is 2. The first kappa shape index (κ1) is 27.8. The van der Waals surface area contributed by atoms with Gasteiger partial charge in [-0.15, -0.1) is 0 Å². The summed E-state index contributed by atoms with van der Waals surface area (Å²) >= 11 is 5.88. The van der Waals surface area contributed by atoms with Crippen LogP contribution in [0, 0.1) is 0 Å². The van der Waals surface area contributed by atoms with Gasteiger partial charge in [0.05, 0.1) is 24.7 Å². The fourth-order valence-corrected chi connectivity index (χ4v) is 5.96. The zero-order chi connectivity index (χ0) is 27.1. The van der Waals surface area contributed by atoms with Crippen molar-refractivity contribution in [2.75, 3.05) is 38.8 Å². The van der Waals surface area contributed by atoms with Gasteiger partial charge in [-0.25, -0.2) is 13.1 Å². The van der Waals surface area contributed by atoms with E-state index < -0.39 is 10.0 Å². The molecule has 4 rings (SSSR count). The van der Waals surface area contributed by atoms with Gasteiger partial charge in [0.25, 0.3) is 5.91 Å². The third-order valence-corrected chi connectivity index (χ3v) is 8.37. The van der Waals surface area contributed by atoms with Gasteiger partial charge in [0, 0.05) is 36.4 Å². The lowest BCUT2D eigenvalue weighted by molar-refractivity contribution is 0.0954. The van der Waals surface area contributed by atoms with Crippen molar-refractivity contribution in [1.82, 2.24) is 10.0 Å². The summed E-state index contributed by atoms with van der Waals surface area (Å²) in [7, 11) is -0.438. The largest absolute Gasteiger partial charge is 0.493 e. The number of methoxy groups -OCH3 is 2. The van der Waals surface area contributed by atoms with E-state index in [-0.39, 0.29) is 16.8 Å². The molecule has 1 saturated heterocycles. The highest BCUT2D eigenvalue weighted by Gasteiger charge is 2.26. The predicted molar refractivity (Wildman–Crippen MR) is 149 cm³/mol. The minimum atomic E-state index is -3.63. The summed E-state index contributed by atoms with van der Waals surface area (Å²) in [5.41, 5.74) is 2.47. The van der Waals surface area contributed by atoms with Crippen LogP contribution in [-0.4, -0.2) is 54.2 Å². The molecule has 38 heavy (non-hydrogen) atoms. The molecule has 0 aromatic heterocycles. The quantitative estimate of drug-likeness (QED) is 0.386. The first-order chi connectivity index (χ1) is 18.3. The highest BCUT2D eigenvalue weighted by atomic mass is 35.5. The molecule has 0 saturated carbocycles. The summed E-state index contributed by atoms with van der Waals surface area (Å²) < 4.78 is 38.9. The summed E-state index contributed by atoms with van der Waals surface area (Å²) in [4.78, 5) is 15.4. The van der Waals surface area contributed by atoms with Crippen LogP contribution in [0.15, 0.2) is 71.6 Å². The Labute approximate surface area is 229 Å². The fraction of sp³-hybridized carbons (Fsp3) is 0.321. The van der Waals surface area contributed by atoms with Gasteiger partial charge in [0.1, 0.15) is 0 Å². The lowest BCUT2D eigenvalue weighted by Gasteiger charge is -2.34. The predicted octanol–water partition coefficient (Wildman–Crippen LogP) is 4.28. The number of para-hydroxylation sites is 1. The molecule has 0 radical (unpaired) electrons. The van der Waals surface area contributed by atoms with Crippen molar-refractivity contribution in [3.8, 4) is 11.5 Å². The van der Waals surface area contributed by atoms with E-state index in [2.05, 4.69) is 14.9 Å². The maximum absolute atomic E-state index is 13.1. The molecule has 0 unspecified atom stereocenters. The molecule has 0 atom stereocenters. The number of sulfonamides is 1. The summed E-state index contributed by atoms with van der Waals surface area (Å²) in [5.74, 6) is 1.17. The second kappa shape index (κ2) is 12.5. The van der Waals surface area contributed by atoms with Crippen molar-refractivity contribution in [2.24, 2.45) is 0 Å². The smallest absolute Gasteiger partial charge is 0.253 e. The molecule has 10 heteroatoms. The number of ether oxygens (including phenoxy) is 2. The fourth-order valence-electron chi connectivity index (χ4n) is 4.53. The Morgan fingerprint density at radius 3 is 2.34 bits per heavy atom. The van der Waals surface area contributed by atoms with Gasteiger partial charge >= 0.3 is 0 Å². The minimum Gasteiger partial charge on any atom is -0.493 e. The lowest BCUT2D eigenvalue weighted by Crippen LogP contribution is -2.45. The van der Waals surface area contributed by atoms with Gasteiger partial charge in [0.2, 0.25) is 10.0 Å². The zero-order valence-electron chi connectivity index (χ0n) is 21.4. The van der Waals surface area contributed by atoms with E-state index >= 15 is 0 Å². The Morgan fingerprint density at radius 1 is 0.974 bits per heavy atom. The molecule has 3 aromatic rings. The van der Waals surface area contributed by atoms with Crippen molar-refractivity contribution in [3.05, 3.63) is 82.9 Å². The van der Waals surface area contributed by atoms with Gasteiger partial charge in [-0.2, -0.15) is 0 Å². The van der Waals surface area contributed by atoms with Crippen LogP contribution < -0.4 is 24.4 Å². The Balaban J connectivity index is 1.33. The number of piperidine rings is 1. The Bertz CT molecular complexity index is 1360. The number of amides is 1. The minimum absolute atomic E-state index is 0.147.